The Balaban J connectivity index is 1.53. The van der Waals surface area contributed by atoms with Crippen LogP contribution in [0.2, 0.25) is 0 Å². The second-order valence-corrected chi connectivity index (χ2v) is 8.45. The summed E-state index contributed by atoms with van der Waals surface area (Å²) in [6.45, 7) is 4.39. The monoisotopic (exact) mass is 433 g/mol. The third-order valence-corrected chi connectivity index (χ3v) is 6.37. The maximum Gasteiger partial charge on any atom is 0.257 e. The lowest BCUT2D eigenvalue weighted by Gasteiger charge is -2.26. The molecule has 1 aliphatic heterocycles. The molecule has 0 aliphatic carbocycles. The molecule has 6 nitrogen and oxygen atoms in total. The fraction of sp³-hybridized carbons (Fsp3) is 0.500. The quantitative estimate of drug-likeness (QED) is 0.364. The number of ether oxygens (including phenoxy) is 1. The second kappa shape index (κ2) is 10.7. The van der Waals surface area contributed by atoms with Gasteiger partial charge in [-0.3, -0.25) is 14.2 Å². The van der Waals surface area contributed by atoms with Crippen LogP contribution in [0.4, 0.5) is 4.39 Å². The number of amides is 1. The van der Waals surface area contributed by atoms with Crippen LogP contribution in [0.15, 0.2) is 34.2 Å². The Morgan fingerprint density at radius 2 is 1.97 bits per heavy atom. The van der Waals surface area contributed by atoms with Crippen LogP contribution in [-0.2, 0) is 23.0 Å². The molecule has 1 aromatic heterocycles. The average Bonchev–Trinajstić information content (AvgIpc) is 2.76. The third kappa shape index (κ3) is 5.70. The Labute approximate surface area is 180 Å². The van der Waals surface area contributed by atoms with Gasteiger partial charge in [0.05, 0.1) is 13.2 Å². The molecule has 0 spiro atoms. The minimum Gasteiger partial charge on any atom is -0.378 e. The number of thioether (sulfide) groups is 1. The van der Waals surface area contributed by atoms with Crippen molar-refractivity contribution in [3.05, 3.63) is 57.3 Å². The van der Waals surface area contributed by atoms with Crippen molar-refractivity contribution in [2.45, 2.75) is 37.8 Å². The summed E-state index contributed by atoms with van der Waals surface area (Å²) in [4.78, 5) is 31.4. The van der Waals surface area contributed by atoms with Crippen LogP contribution in [0.3, 0.4) is 0 Å². The molecule has 1 saturated heterocycles. The molecule has 0 radical (unpaired) electrons. The zero-order chi connectivity index (χ0) is 21.5. The number of hydrogen-bond acceptors (Lipinski definition) is 5. The number of morpholine rings is 1. The molecule has 0 bridgehead atoms. The van der Waals surface area contributed by atoms with E-state index in [1.165, 1.54) is 22.4 Å². The summed E-state index contributed by atoms with van der Waals surface area (Å²) in [5.74, 6) is 0.647. The Bertz CT molecular complexity index is 942. The van der Waals surface area contributed by atoms with Crippen LogP contribution in [0.1, 0.15) is 36.1 Å². The predicted octanol–water partition coefficient (Wildman–Crippen LogP) is 2.94. The minimum absolute atomic E-state index is 0.143. The summed E-state index contributed by atoms with van der Waals surface area (Å²) in [7, 11) is 1.70. The molecule has 2 heterocycles. The molecule has 0 saturated carbocycles. The summed E-state index contributed by atoms with van der Waals surface area (Å²) >= 11 is 1.51. The van der Waals surface area contributed by atoms with Crippen LogP contribution >= 0.6 is 11.8 Å². The second-order valence-electron chi connectivity index (χ2n) is 7.39. The lowest BCUT2D eigenvalue weighted by atomic mass is 10.0. The lowest BCUT2D eigenvalue weighted by Crippen LogP contribution is -2.40. The molecule has 8 heteroatoms. The van der Waals surface area contributed by atoms with Gasteiger partial charge in [-0.15, -0.1) is 0 Å². The summed E-state index contributed by atoms with van der Waals surface area (Å²) in [6, 6.07) is 6.49. The van der Waals surface area contributed by atoms with E-state index in [2.05, 4.69) is 4.98 Å². The lowest BCUT2D eigenvalue weighted by molar-refractivity contribution is -0.135. The Morgan fingerprint density at radius 1 is 1.23 bits per heavy atom. The van der Waals surface area contributed by atoms with Crippen molar-refractivity contribution in [1.82, 2.24) is 14.5 Å². The van der Waals surface area contributed by atoms with E-state index in [9.17, 15) is 14.0 Å². The molecule has 0 unspecified atom stereocenters. The predicted molar refractivity (Wildman–Crippen MR) is 115 cm³/mol. The number of hydrogen-bond donors (Lipinski definition) is 0. The van der Waals surface area contributed by atoms with Crippen molar-refractivity contribution >= 4 is 17.7 Å². The zero-order valence-corrected chi connectivity index (χ0v) is 18.3. The van der Waals surface area contributed by atoms with Crippen LogP contribution in [0.5, 0.6) is 0 Å². The van der Waals surface area contributed by atoms with Gasteiger partial charge in [0.1, 0.15) is 5.82 Å². The van der Waals surface area contributed by atoms with Crippen molar-refractivity contribution in [1.29, 1.82) is 0 Å². The fourth-order valence-electron chi connectivity index (χ4n) is 3.41. The number of benzene rings is 1. The van der Waals surface area contributed by atoms with Gasteiger partial charge in [0, 0.05) is 50.0 Å². The van der Waals surface area contributed by atoms with Gasteiger partial charge in [-0.2, -0.15) is 0 Å². The molecule has 0 atom stereocenters. The first kappa shape index (κ1) is 22.5. The number of carbonyl (C=O) groups is 1. The van der Waals surface area contributed by atoms with Gasteiger partial charge in [-0.05, 0) is 31.4 Å². The smallest absolute Gasteiger partial charge is 0.257 e. The molecule has 1 aliphatic rings. The van der Waals surface area contributed by atoms with Crippen LogP contribution < -0.4 is 5.56 Å². The summed E-state index contributed by atoms with van der Waals surface area (Å²) in [6.07, 6.45) is 2.44. The minimum atomic E-state index is -0.316. The van der Waals surface area contributed by atoms with E-state index in [1.54, 1.807) is 32.2 Å². The molecule has 1 amide bonds. The molecule has 1 fully saturated rings. The van der Waals surface area contributed by atoms with E-state index >= 15 is 0 Å². The highest BCUT2D eigenvalue weighted by Gasteiger charge is 2.17. The molecule has 3 rings (SSSR count). The zero-order valence-electron chi connectivity index (χ0n) is 17.5. The number of aryl methyl sites for hydroxylation is 1. The summed E-state index contributed by atoms with van der Waals surface area (Å²) in [5, 5.41) is 0.647. The van der Waals surface area contributed by atoms with Crippen LogP contribution in [-0.4, -0.2) is 52.4 Å². The number of nitrogens with zero attached hydrogens (tertiary/aromatic N) is 3. The van der Waals surface area contributed by atoms with Crippen LogP contribution in [0.25, 0.3) is 0 Å². The number of aromatic nitrogens is 2. The first-order chi connectivity index (χ1) is 14.5. The van der Waals surface area contributed by atoms with E-state index in [4.69, 9.17) is 4.74 Å². The summed E-state index contributed by atoms with van der Waals surface area (Å²) in [5.41, 5.74) is 1.50. The molecular formula is C22H28FN3O3S. The van der Waals surface area contributed by atoms with Gasteiger partial charge in [0.15, 0.2) is 5.16 Å². The van der Waals surface area contributed by atoms with Gasteiger partial charge in [0.25, 0.3) is 5.56 Å². The van der Waals surface area contributed by atoms with Gasteiger partial charge in [-0.25, -0.2) is 9.37 Å². The van der Waals surface area contributed by atoms with E-state index in [-0.39, 0.29) is 23.7 Å². The standard InChI is InChI=1S/C22H28FN3O3S/c1-16-18(15-17-7-3-4-8-19(17)23)21(28)25(2)22(24-16)30-14-6-5-9-20(27)26-10-12-29-13-11-26/h3-4,7-8H,5-6,9-15H2,1-2H3. The van der Waals surface area contributed by atoms with Crippen molar-refractivity contribution < 1.29 is 13.9 Å². The van der Waals surface area contributed by atoms with Gasteiger partial charge in [-0.1, -0.05) is 30.0 Å². The summed E-state index contributed by atoms with van der Waals surface area (Å²) < 4.78 is 20.8. The number of unbranched alkanes of at least 4 members (excludes halogenated alkanes) is 1. The molecule has 1 aromatic carbocycles. The van der Waals surface area contributed by atoms with Gasteiger partial charge < -0.3 is 9.64 Å². The fourth-order valence-corrected chi connectivity index (χ4v) is 4.42. The normalized spacial score (nSPS) is 14.2. The SMILES string of the molecule is Cc1nc(SCCCCC(=O)N2CCOCC2)n(C)c(=O)c1Cc1ccccc1F. The van der Waals surface area contributed by atoms with Crippen molar-refractivity contribution in [2.24, 2.45) is 7.05 Å². The first-order valence-electron chi connectivity index (χ1n) is 10.3. The van der Waals surface area contributed by atoms with E-state index in [0.29, 0.717) is 54.7 Å². The number of carbonyl (C=O) groups excluding carboxylic acids is 1. The number of rotatable bonds is 8. The number of halogens is 1. The maximum absolute atomic E-state index is 14.0. The molecule has 162 valence electrons. The van der Waals surface area contributed by atoms with Gasteiger partial charge in [0.2, 0.25) is 5.91 Å². The van der Waals surface area contributed by atoms with E-state index in [0.717, 1.165) is 18.6 Å². The molecule has 30 heavy (non-hydrogen) atoms. The van der Waals surface area contributed by atoms with Gasteiger partial charge >= 0.3 is 0 Å². The Hall–Kier alpha value is -2.19. The van der Waals surface area contributed by atoms with Crippen molar-refractivity contribution in [3.63, 3.8) is 0 Å². The van der Waals surface area contributed by atoms with E-state index < -0.39 is 0 Å². The largest absolute Gasteiger partial charge is 0.378 e. The topological polar surface area (TPSA) is 64.4 Å². The Kier molecular flexibility index (Phi) is 8.04. The van der Waals surface area contributed by atoms with Crippen molar-refractivity contribution in [3.8, 4) is 0 Å². The molecule has 2 aromatic rings. The highest BCUT2D eigenvalue weighted by atomic mass is 32.2. The first-order valence-corrected chi connectivity index (χ1v) is 11.2. The van der Waals surface area contributed by atoms with Crippen LogP contribution in [0, 0.1) is 12.7 Å². The van der Waals surface area contributed by atoms with Crippen molar-refractivity contribution in [2.75, 3.05) is 32.1 Å². The average molecular weight is 434 g/mol. The molecular weight excluding hydrogens is 405 g/mol. The maximum atomic E-state index is 14.0. The third-order valence-electron chi connectivity index (χ3n) is 5.25. The Morgan fingerprint density at radius 3 is 2.70 bits per heavy atom. The molecule has 0 N–H and O–H groups in total. The highest BCUT2D eigenvalue weighted by Crippen LogP contribution is 2.19. The highest BCUT2D eigenvalue weighted by molar-refractivity contribution is 7.99. The van der Waals surface area contributed by atoms with E-state index in [1.807, 2.05) is 4.90 Å².